The first-order chi connectivity index (χ1) is 8.70. The van der Waals surface area contributed by atoms with Crippen LogP contribution < -0.4 is 0 Å². The molecular formula is C15H18N2O. The summed E-state index contributed by atoms with van der Waals surface area (Å²) in [7, 11) is 0. The van der Waals surface area contributed by atoms with Crippen LogP contribution in [-0.4, -0.2) is 33.7 Å². The maximum atomic E-state index is 10.0. The number of fused-ring (bicyclic) bond motifs is 1. The minimum Gasteiger partial charge on any atom is -0.387 e. The lowest BCUT2D eigenvalue weighted by molar-refractivity contribution is -0.103. The molecule has 1 fully saturated rings. The Balaban J connectivity index is 1.80. The molecular weight excluding hydrogens is 224 g/mol. The van der Waals surface area contributed by atoms with Gasteiger partial charge in [-0.2, -0.15) is 0 Å². The summed E-state index contributed by atoms with van der Waals surface area (Å²) in [5, 5.41) is 11.2. The van der Waals surface area contributed by atoms with Crippen molar-refractivity contribution in [2.75, 3.05) is 13.1 Å². The molecule has 2 heterocycles. The molecule has 0 spiro atoms. The normalized spacial score (nSPS) is 18.8. The summed E-state index contributed by atoms with van der Waals surface area (Å²) in [6, 6.07) is 10.3. The summed E-state index contributed by atoms with van der Waals surface area (Å²) in [6.45, 7) is 4.45. The Labute approximate surface area is 107 Å². The SMILES string of the molecule is CCC1(O)CN(Cc2cccc3cccnc23)C1. The first kappa shape index (κ1) is 11.6. The van der Waals surface area contributed by atoms with Crippen molar-refractivity contribution in [1.82, 2.24) is 9.88 Å². The van der Waals surface area contributed by atoms with Crippen molar-refractivity contribution in [2.45, 2.75) is 25.5 Å². The number of β-amino-alcohol motifs (C(OH)–C–C–N with tert-alkyl or cyclic N) is 1. The predicted octanol–water partition coefficient (Wildman–Crippen LogP) is 2.19. The van der Waals surface area contributed by atoms with Crippen LogP contribution in [0.15, 0.2) is 36.5 Å². The molecule has 3 heteroatoms. The number of para-hydroxylation sites is 1. The van der Waals surface area contributed by atoms with Gasteiger partial charge < -0.3 is 5.11 Å². The molecule has 0 atom stereocenters. The van der Waals surface area contributed by atoms with E-state index in [4.69, 9.17) is 0 Å². The molecule has 1 aliphatic heterocycles. The van der Waals surface area contributed by atoms with E-state index in [-0.39, 0.29) is 0 Å². The van der Waals surface area contributed by atoms with Gasteiger partial charge in [-0.3, -0.25) is 9.88 Å². The standard InChI is InChI=1S/C15H18N2O/c1-2-15(18)10-17(11-15)9-13-6-3-5-12-7-4-8-16-14(12)13/h3-8,18H,2,9-11H2,1H3. The zero-order valence-corrected chi connectivity index (χ0v) is 10.6. The molecule has 0 saturated carbocycles. The fourth-order valence-corrected chi connectivity index (χ4v) is 2.66. The van der Waals surface area contributed by atoms with Crippen LogP contribution in [0, 0.1) is 0 Å². The summed E-state index contributed by atoms with van der Waals surface area (Å²) >= 11 is 0. The van der Waals surface area contributed by atoms with Crippen LogP contribution >= 0.6 is 0 Å². The number of rotatable bonds is 3. The summed E-state index contributed by atoms with van der Waals surface area (Å²) in [6.07, 6.45) is 2.67. The number of aliphatic hydroxyl groups is 1. The second kappa shape index (κ2) is 4.34. The molecule has 0 radical (unpaired) electrons. The summed E-state index contributed by atoms with van der Waals surface area (Å²) < 4.78 is 0. The van der Waals surface area contributed by atoms with Crippen molar-refractivity contribution in [3.8, 4) is 0 Å². The van der Waals surface area contributed by atoms with Crippen LogP contribution in [0.1, 0.15) is 18.9 Å². The van der Waals surface area contributed by atoms with Crippen molar-refractivity contribution < 1.29 is 5.11 Å². The van der Waals surface area contributed by atoms with Gasteiger partial charge in [-0.25, -0.2) is 0 Å². The fraction of sp³-hybridized carbons (Fsp3) is 0.400. The molecule has 1 aromatic carbocycles. The van der Waals surface area contributed by atoms with Crippen LogP contribution in [0.4, 0.5) is 0 Å². The third-order valence-corrected chi connectivity index (χ3v) is 3.80. The second-order valence-corrected chi connectivity index (χ2v) is 5.22. The van der Waals surface area contributed by atoms with Crippen molar-refractivity contribution in [1.29, 1.82) is 0 Å². The third-order valence-electron chi connectivity index (χ3n) is 3.80. The highest BCUT2D eigenvalue weighted by Gasteiger charge is 2.39. The number of pyridine rings is 1. The molecule has 0 unspecified atom stereocenters. The van der Waals surface area contributed by atoms with Crippen LogP contribution in [0.3, 0.4) is 0 Å². The quantitative estimate of drug-likeness (QED) is 0.896. The minimum absolute atomic E-state index is 0.460. The Kier molecular flexibility index (Phi) is 2.80. The van der Waals surface area contributed by atoms with Gasteiger partial charge in [0, 0.05) is 31.2 Å². The average molecular weight is 242 g/mol. The maximum absolute atomic E-state index is 10.0. The van der Waals surface area contributed by atoms with Gasteiger partial charge in [0.2, 0.25) is 0 Å². The Hall–Kier alpha value is -1.45. The Morgan fingerprint density at radius 3 is 2.83 bits per heavy atom. The van der Waals surface area contributed by atoms with Gasteiger partial charge in [-0.05, 0) is 18.1 Å². The van der Waals surface area contributed by atoms with Gasteiger partial charge in [0.05, 0.1) is 11.1 Å². The molecule has 0 aliphatic carbocycles. The maximum Gasteiger partial charge on any atom is 0.0897 e. The fourth-order valence-electron chi connectivity index (χ4n) is 2.66. The van der Waals surface area contributed by atoms with E-state index in [1.807, 2.05) is 19.2 Å². The molecule has 1 N–H and O–H groups in total. The number of hydrogen-bond donors (Lipinski definition) is 1. The van der Waals surface area contributed by atoms with Gasteiger partial charge in [0.1, 0.15) is 0 Å². The lowest BCUT2D eigenvalue weighted by Crippen LogP contribution is -2.60. The molecule has 1 aromatic heterocycles. The highest BCUT2D eigenvalue weighted by atomic mass is 16.3. The second-order valence-electron chi connectivity index (χ2n) is 5.22. The van der Waals surface area contributed by atoms with Crippen LogP contribution in [0.5, 0.6) is 0 Å². The molecule has 2 aromatic rings. The van der Waals surface area contributed by atoms with Gasteiger partial charge in [0.25, 0.3) is 0 Å². The molecule has 0 bridgehead atoms. The summed E-state index contributed by atoms with van der Waals surface area (Å²) in [4.78, 5) is 6.73. The summed E-state index contributed by atoms with van der Waals surface area (Å²) in [5.74, 6) is 0. The van der Waals surface area contributed by atoms with E-state index in [2.05, 4.69) is 34.1 Å². The molecule has 3 rings (SSSR count). The van der Waals surface area contributed by atoms with Gasteiger partial charge in [0.15, 0.2) is 0 Å². The van der Waals surface area contributed by atoms with Crippen molar-refractivity contribution in [3.05, 3.63) is 42.1 Å². The van der Waals surface area contributed by atoms with E-state index in [0.717, 1.165) is 31.6 Å². The van der Waals surface area contributed by atoms with Gasteiger partial charge >= 0.3 is 0 Å². The smallest absolute Gasteiger partial charge is 0.0897 e. The first-order valence-electron chi connectivity index (χ1n) is 6.47. The molecule has 1 saturated heterocycles. The number of aromatic nitrogens is 1. The minimum atomic E-state index is -0.460. The van der Waals surface area contributed by atoms with E-state index >= 15 is 0 Å². The van der Waals surface area contributed by atoms with E-state index in [9.17, 15) is 5.11 Å². The highest BCUT2D eigenvalue weighted by Crippen LogP contribution is 2.27. The van der Waals surface area contributed by atoms with Crippen molar-refractivity contribution in [2.24, 2.45) is 0 Å². The monoisotopic (exact) mass is 242 g/mol. The Morgan fingerprint density at radius 2 is 2.06 bits per heavy atom. The van der Waals surface area contributed by atoms with Crippen molar-refractivity contribution in [3.63, 3.8) is 0 Å². The molecule has 18 heavy (non-hydrogen) atoms. The highest BCUT2D eigenvalue weighted by molar-refractivity contribution is 5.81. The van der Waals surface area contributed by atoms with Crippen LogP contribution in [0.2, 0.25) is 0 Å². The predicted molar refractivity (Wildman–Crippen MR) is 72.3 cm³/mol. The van der Waals surface area contributed by atoms with Gasteiger partial charge in [-0.15, -0.1) is 0 Å². The molecule has 3 nitrogen and oxygen atoms in total. The topological polar surface area (TPSA) is 36.4 Å². The number of nitrogens with zero attached hydrogens (tertiary/aromatic N) is 2. The lowest BCUT2D eigenvalue weighted by atomic mass is 9.91. The first-order valence-corrected chi connectivity index (χ1v) is 6.47. The zero-order valence-electron chi connectivity index (χ0n) is 10.6. The van der Waals surface area contributed by atoms with Crippen LogP contribution in [0.25, 0.3) is 10.9 Å². The molecule has 0 amide bonds. The van der Waals surface area contributed by atoms with E-state index in [1.54, 1.807) is 0 Å². The molecule has 1 aliphatic rings. The van der Waals surface area contributed by atoms with E-state index < -0.39 is 5.60 Å². The zero-order chi connectivity index (χ0) is 12.6. The average Bonchev–Trinajstić information content (AvgIpc) is 2.37. The Morgan fingerprint density at radius 1 is 1.28 bits per heavy atom. The lowest BCUT2D eigenvalue weighted by Gasteiger charge is -2.46. The number of hydrogen-bond acceptors (Lipinski definition) is 3. The van der Waals surface area contributed by atoms with E-state index in [0.29, 0.717) is 0 Å². The summed E-state index contributed by atoms with van der Waals surface area (Å²) in [5.41, 5.74) is 1.86. The molecule has 94 valence electrons. The largest absolute Gasteiger partial charge is 0.387 e. The van der Waals surface area contributed by atoms with Crippen LogP contribution in [-0.2, 0) is 6.54 Å². The Bertz CT molecular complexity index is 556. The van der Waals surface area contributed by atoms with E-state index in [1.165, 1.54) is 10.9 Å². The van der Waals surface area contributed by atoms with Gasteiger partial charge in [-0.1, -0.05) is 31.2 Å². The number of likely N-dealkylation sites (tertiary alicyclic amines) is 1. The van der Waals surface area contributed by atoms with Crippen molar-refractivity contribution >= 4 is 10.9 Å². The third kappa shape index (κ3) is 2.00. The number of benzene rings is 1.